The maximum atomic E-state index is 12.9. The van der Waals surface area contributed by atoms with E-state index in [1.165, 1.54) is 10.6 Å². The second-order valence-corrected chi connectivity index (χ2v) is 14.1. The van der Waals surface area contributed by atoms with Crippen molar-refractivity contribution in [3.8, 4) is 5.75 Å². The molecule has 1 heterocycles. The molecule has 35 heavy (non-hydrogen) atoms. The average Bonchev–Trinajstić information content (AvgIpc) is 2.76. The van der Waals surface area contributed by atoms with E-state index in [9.17, 15) is 18.3 Å². The first-order chi connectivity index (χ1) is 16.4. The summed E-state index contributed by atoms with van der Waals surface area (Å²) in [5, 5.41) is 14.4. The van der Waals surface area contributed by atoms with Gasteiger partial charge in [-0.3, -0.25) is 4.79 Å². The zero-order valence-corrected chi connectivity index (χ0v) is 23.3. The van der Waals surface area contributed by atoms with Crippen molar-refractivity contribution < 1.29 is 18.3 Å². The van der Waals surface area contributed by atoms with Crippen LogP contribution in [-0.2, 0) is 16.4 Å². The van der Waals surface area contributed by atoms with Crippen molar-refractivity contribution in [1.29, 1.82) is 0 Å². The molecule has 1 amide bonds. The number of aromatic hydroxyl groups is 1. The molecule has 2 unspecified atom stereocenters. The van der Waals surface area contributed by atoms with E-state index < -0.39 is 17.9 Å². The second kappa shape index (κ2) is 12.1. The van der Waals surface area contributed by atoms with Crippen molar-refractivity contribution in [2.24, 2.45) is 0 Å². The van der Waals surface area contributed by atoms with Crippen LogP contribution in [-0.4, -0.2) is 62.0 Å². The fourth-order valence-corrected chi connectivity index (χ4v) is 7.18. The average molecular weight is 557 g/mol. The molecule has 1 aliphatic rings. The Balaban J connectivity index is 1.60. The van der Waals surface area contributed by atoms with Gasteiger partial charge in [0.05, 0.1) is 21.9 Å². The highest BCUT2D eigenvalue weighted by atomic mass is 35.5. The lowest BCUT2D eigenvalue weighted by atomic mass is 10.0. The number of nitrogens with one attached hydrogen (secondary N) is 1. The van der Waals surface area contributed by atoms with Gasteiger partial charge in [0.2, 0.25) is 10.0 Å². The molecule has 0 fully saturated rings. The number of hydrogen-bond donors (Lipinski definition) is 2. The first kappa shape index (κ1) is 27.9. The van der Waals surface area contributed by atoms with Crippen molar-refractivity contribution in [3.63, 3.8) is 0 Å². The monoisotopic (exact) mass is 556 g/mol. The minimum Gasteiger partial charge on any atom is -0.508 e. The van der Waals surface area contributed by atoms with Gasteiger partial charge in [0.25, 0.3) is 5.91 Å². The van der Waals surface area contributed by atoms with Crippen LogP contribution in [0.25, 0.3) is 0 Å². The zero-order chi connectivity index (χ0) is 25.8. The molecule has 0 saturated carbocycles. The SMILES string of the molecule is CC(CC1=CCCN(S(C)(=O)=O)C1)NC(=O)c1c(Cl)cc(CCP(C)c2cccc(O)c2)cc1Cl. The molecule has 0 spiro atoms. The molecule has 6 nitrogen and oxygen atoms in total. The van der Waals surface area contributed by atoms with Crippen LogP contribution >= 0.6 is 31.1 Å². The molecule has 2 atom stereocenters. The number of carbonyl (C=O) groups is 1. The number of halogens is 2. The molecule has 0 saturated heterocycles. The lowest BCUT2D eigenvalue weighted by molar-refractivity contribution is 0.0940. The van der Waals surface area contributed by atoms with Gasteiger partial charge >= 0.3 is 0 Å². The van der Waals surface area contributed by atoms with Crippen molar-refractivity contribution >= 4 is 52.4 Å². The van der Waals surface area contributed by atoms with E-state index in [4.69, 9.17) is 23.2 Å². The third-order valence-corrected chi connectivity index (χ3v) is 9.84. The Labute approximate surface area is 219 Å². The van der Waals surface area contributed by atoms with Gasteiger partial charge in [-0.05, 0) is 74.1 Å². The quantitative estimate of drug-likeness (QED) is 0.343. The highest BCUT2D eigenvalue weighted by Gasteiger charge is 2.23. The van der Waals surface area contributed by atoms with Crippen LogP contribution in [0.2, 0.25) is 10.0 Å². The van der Waals surface area contributed by atoms with Crippen LogP contribution < -0.4 is 10.6 Å². The lowest BCUT2D eigenvalue weighted by Crippen LogP contribution is -2.38. The Morgan fingerprint density at radius 2 is 1.91 bits per heavy atom. The summed E-state index contributed by atoms with van der Waals surface area (Å²) in [5.41, 5.74) is 2.17. The van der Waals surface area contributed by atoms with Gasteiger partial charge in [-0.15, -0.1) is 0 Å². The van der Waals surface area contributed by atoms with E-state index in [2.05, 4.69) is 12.0 Å². The predicted octanol–water partition coefficient (Wildman–Crippen LogP) is 4.78. The number of rotatable bonds is 9. The number of amides is 1. The summed E-state index contributed by atoms with van der Waals surface area (Å²) in [6.07, 6.45) is 6.10. The summed E-state index contributed by atoms with van der Waals surface area (Å²) < 4.78 is 25.1. The summed E-state index contributed by atoms with van der Waals surface area (Å²) in [6.45, 7) is 4.86. The van der Waals surface area contributed by atoms with Crippen LogP contribution in [0, 0.1) is 0 Å². The topological polar surface area (TPSA) is 86.7 Å². The van der Waals surface area contributed by atoms with Gasteiger partial charge in [0.15, 0.2) is 0 Å². The number of sulfonamides is 1. The Hall–Kier alpha value is -1.63. The molecule has 2 aromatic rings. The van der Waals surface area contributed by atoms with Gasteiger partial charge in [-0.25, -0.2) is 8.42 Å². The third-order valence-electron chi connectivity index (χ3n) is 5.94. The molecule has 3 rings (SSSR count). The number of aryl methyl sites for hydroxylation is 1. The van der Waals surface area contributed by atoms with Crippen LogP contribution in [0.15, 0.2) is 48.0 Å². The largest absolute Gasteiger partial charge is 0.508 e. The maximum Gasteiger partial charge on any atom is 0.254 e. The number of nitrogens with zero attached hydrogens (tertiary/aromatic N) is 1. The highest BCUT2D eigenvalue weighted by Crippen LogP contribution is 2.33. The number of benzene rings is 2. The normalized spacial score (nSPS) is 16.4. The number of phenolic OH excluding ortho intramolecular Hbond substituents is 1. The lowest BCUT2D eigenvalue weighted by Gasteiger charge is -2.27. The summed E-state index contributed by atoms with van der Waals surface area (Å²) in [4.78, 5) is 12.9. The summed E-state index contributed by atoms with van der Waals surface area (Å²) in [6, 6.07) is 10.7. The van der Waals surface area contributed by atoms with E-state index >= 15 is 0 Å². The van der Waals surface area contributed by atoms with Gasteiger partial charge in [0.1, 0.15) is 5.75 Å². The standard InChI is InChI=1S/C25H31Cl2N2O4PS/c1-17(12-19-6-5-10-29(16-19)35(3,32)33)28-25(31)24-22(26)13-18(14-23(24)27)9-11-34(2)21-8-4-7-20(30)15-21/h4,6-8,13-15,17,30H,5,9-12,16H2,1-3H3,(H,28,31). The molecule has 1 aliphatic heterocycles. The van der Waals surface area contributed by atoms with Crippen molar-refractivity contribution in [2.75, 3.05) is 32.2 Å². The minimum absolute atomic E-state index is 0.217. The van der Waals surface area contributed by atoms with Crippen LogP contribution in [0.4, 0.5) is 0 Å². The van der Waals surface area contributed by atoms with Gasteiger partial charge in [-0.1, -0.05) is 54.9 Å². The Morgan fingerprint density at radius 1 is 1.23 bits per heavy atom. The molecule has 0 aliphatic carbocycles. The number of carbonyl (C=O) groups excluding carboxylic acids is 1. The maximum absolute atomic E-state index is 12.9. The van der Waals surface area contributed by atoms with Gasteiger partial charge < -0.3 is 10.4 Å². The minimum atomic E-state index is -3.24. The fraction of sp³-hybridized carbons (Fsp3) is 0.400. The van der Waals surface area contributed by atoms with Crippen molar-refractivity contribution in [1.82, 2.24) is 9.62 Å². The smallest absolute Gasteiger partial charge is 0.254 e. The molecule has 10 heteroatoms. The highest BCUT2D eigenvalue weighted by molar-refractivity contribution is 7.88. The molecule has 190 valence electrons. The number of phenols is 1. The summed E-state index contributed by atoms with van der Waals surface area (Å²) in [7, 11) is -3.70. The molecule has 0 aromatic heterocycles. The van der Waals surface area contributed by atoms with Crippen LogP contribution in [0.5, 0.6) is 5.75 Å². The van der Waals surface area contributed by atoms with Gasteiger partial charge in [-0.2, -0.15) is 4.31 Å². The fourth-order valence-electron chi connectivity index (χ4n) is 4.10. The third kappa shape index (κ3) is 7.93. The van der Waals surface area contributed by atoms with Crippen LogP contribution in [0.1, 0.15) is 35.7 Å². The molecule has 0 radical (unpaired) electrons. The Kier molecular flexibility index (Phi) is 9.64. The van der Waals surface area contributed by atoms with Gasteiger partial charge in [0, 0.05) is 19.1 Å². The molecular formula is C25H31Cl2N2O4PS. The first-order valence-electron chi connectivity index (χ1n) is 11.4. The molecule has 2 N–H and O–H groups in total. The van der Waals surface area contributed by atoms with Crippen LogP contribution in [0.3, 0.4) is 0 Å². The van der Waals surface area contributed by atoms with E-state index in [0.717, 1.165) is 29.0 Å². The zero-order valence-electron chi connectivity index (χ0n) is 20.1. The molecular weight excluding hydrogens is 526 g/mol. The summed E-state index contributed by atoms with van der Waals surface area (Å²) >= 11 is 12.9. The Bertz CT molecular complexity index is 1200. The first-order valence-corrected chi connectivity index (χ1v) is 15.9. The molecule has 0 bridgehead atoms. The number of hydrogen-bond acceptors (Lipinski definition) is 4. The van der Waals surface area contributed by atoms with Crippen molar-refractivity contribution in [3.05, 3.63) is 69.2 Å². The van der Waals surface area contributed by atoms with E-state index in [0.29, 0.717) is 36.0 Å². The second-order valence-electron chi connectivity index (χ2n) is 8.95. The molecule has 2 aromatic carbocycles. The van der Waals surface area contributed by atoms with E-state index in [1.807, 2.05) is 25.1 Å². The van der Waals surface area contributed by atoms with Crippen molar-refractivity contribution in [2.45, 2.75) is 32.2 Å². The van der Waals surface area contributed by atoms with E-state index in [-0.39, 0.29) is 23.3 Å². The summed E-state index contributed by atoms with van der Waals surface area (Å²) in [5.74, 6) is -0.0898. The Morgan fingerprint density at radius 3 is 2.54 bits per heavy atom. The predicted molar refractivity (Wildman–Crippen MR) is 146 cm³/mol. The van der Waals surface area contributed by atoms with E-state index in [1.54, 1.807) is 24.3 Å².